The van der Waals surface area contributed by atoms with Crippen LogP contribution < -0.4 is 5.32 Å². The third-order valence-electron chi connectivity index (χ3n) is 3.46. The van der Waals surface area contributed by atoms with Crippen molar-refractivity contribution >= 4 is 5.82 Å². The lowest BCUT2D eigenvalue weighted by Gasteiger charge is -2.41. The fraction of sp³-hybridized carbons (Fsp3) is 0.643. The number of hydrogen-bond donors (Lipinski definition) is 1. The van der Waals surface area contributed by atoms with E-state index in [9.17, 15) is 0 Å². The molecule has 0 unspecified atom stereocenters. The molecule has 0 aliphatic carbocycles. The van der Waals surface area contributed by atoms with E-state index in [1.165, 1.54) is 0 Å². The Morgan fingerprint density at radius 1 is 1.33 bits per heavy atom. The van der Waals surface area contributed by atoms with Gasteiger partial charge >= 0.3 is 0 Å². The van der Waals surface area contributed by atoms with Gasteiger partial charge in [0.15, 0.2) is 0 Å². The smallest absolute Gasteiger partial charge is 0.126 e. The monoisotopic (exact) mass is 249 g/mol. The molecule has 1 aromatic rings. The maximum Gasteiger partial charge on any atom is 0.126 e. The Labute approximate surface area is 109 Å². The van der Waals surface area contributed by atoms with E-state index in [0.717, 1.165) is 44.4 Å². The zero-order chi connectivity index (χ0) is 13.0. The van der Waals surface area contributed by atoms with Gasteiger partial charge < -0.3 is 10.1 Å². The van der Waals surface area contributed by atoms with E-state index < -0.39 is 0 Å². The number of rotatable bonds is 4. The van der Waals surface area contributed by atoms with Gasteiger partial charge in [-0.25, -0.2) is 4.98 Å². The summed E-state index contributed by atoms with van der Waals surface area (Å²) in [4.78, 5) is 6.94. The first-order chi connectivity index (χ1) is 8.58. The molecule has 0 aromatic carbocycles. The Balaban J connectivity index is 1.91. The van der Waals surface area contributed by atoms with E-state index in [1.54, 1.807) is 0 Å². The summed E-state index contributed by atoms with van der Waals surface area (Å²) < 4.78 is 5.40. The maximum atomic E-state index is 5.40. The summed E-state index contributed by atoms with van der Waals surface area (Å²) in [7, 11) is 0. The van der Waals surface area contributed by atoms with Crippen LogP contribution in [0.15, 0.2) is 18.2 Å². The molecule has 18 heavy (non-hydrogen) atoms. The fourth-order valence-corrected chi connectivity index (χ4v) is 2.23. The van der Waals surface area contributed by atoms with Gasteiger partial charge in [-0.1, -0.05) is 6.07 Å². The highest BCUT2D eigenvalue weighted by atomic mass is 16.5. The molecule has 4 heteroatoms. The number of nitrogens with zero attached hydrogens (tertiary/aromatic N) is 2. The Bertz CT molecular complexity index is 386. The summed E-state index contributed by atoms with van der Waals surface area (Å²) in [6, 6.07) is 6.06. The highest BCUT2D eigenvalue weighted by Gasteiger charge is 2.27. The zero-order valence-corrected chi connectivity index (χ0v) is 11.6. The van der Waals surface area contributed by atoms with Crippen molar-refractivity contribution in [3.05, 3.63) is 23.9 Å². The second kappa shape index (κ2) is 5.67. The van der Waals surface area contributed by atoms with Crippen LogP contribution in [0.3, 0.4) is 0 Å². The van der Waals surface area contributed by atoms with E-state index in [1.807, 2.05) is 25.1 Å². The molecule has 1 saturated heterocycles. The van der Waals surface area contributed by atoms with Gasteiger partial charge in [0.1, 0.15) is 5.82 Å². The standard InChI is InChI=1S/C14H23N3O/c1-12-5-4-6-13(16-12)15-11-14(2,3)17-7-9-18-10-8-17/h4-6H,7-11H2,1-3H3,(H,15,16). The minimum atomic E-state index is 0.120. The van der Waals surface area contributed by atoms with Crippen LogP contribution >= 0.6 is 0 Å². The number of pyridine rings is 1. The molecule has 0 atom stereocenters. The number of hydrogen-bond acceptors (Lipinski definition) is 4. The molecule has 2 rings (SSSR count). The molecule has 100 valence electrons. The summed E-state index contributed by atoms with van der Waals surface area (Å²) >= 11 is 0. The van der Waals surface area contributed by atoms with Gasteiger partial charge in [0.25, 0.3) is 0 Å². The molecule has 1 aliphatic rings. The quantitative estimate of drug-likeness (QED) is 0.884. The van der Waals surface area contributed by atoms with Crippen LogP contribution in [0.5, 0.6) is 0 Å². The Morgan fingerprint density at radius 3 is 2.72 bits per heavy atom. The average Bonchev–Trinajstić information content (AvgIpc) is 2.38. The molecule has 1 aromatic heterocycles. The SMILES string of the molecule is Cc1cccc(NCC(C)(C)N2CCOCC2)n1. The van der Waals surface area contributed by atoms with Crippen molar-refractivity contribution in [2.45, 2.75) is 26.3 Å². The molecule has 4 nitrogen and oxygen atoms in total. The van der Waals surface area contributed by atoms with Crippen LogP contribution in [0.25, 0.3) is 0 Å². The number of aryl methyl sites for hydroxylation is 1. The number of anilines is 1. The first-order valence-corrected chi connectivity index (χ1v) is 6.58. The highest BCUT2D eigenvalue weighted by molar-refractivity contribution is 5.35. The first-order valence-electron chi connectivity index (χ1n) is 6.58. The van der Waals surface area contributed by atoms with Crippen molar-refractivity contribution in [2.24, 2.45) is 0 Å². The second-order valence-corrected chi connectivity index (χ2v) is 5.43. The third kappa shape index (κ3) is 3.43. The summed E-state index contributed by atoms with van der Waals surface area (Å²) in [5, 5.41) is 3.43. The van der Waals surface area contributed by atoms with Crippen LogP contribution in [-0.4, -0.2) is 48.3 Å². The van der Waals surface area contributed by atoms with E-state index in [-0.39, 0.29) is 5.54 Å². The van der Waals surface area contributed by atoms with Gasteiger partial charge in [0, 0.05) is 30.9 Å². The molecular weight excluding hydrogens is 226 g/mol. The van der Waals surface area contributed by atoms with Gasteiger partial charge in [-0.15, -0.1) is 0 Å². The van der Waals surface area contributed by atoms with Crippen LogP contribution in [0, 0.1) is 6.92 Å². The van der Waals surface area contributed by atoms with Gasteiger partial charge in [-0.2, -0.15) is 0 Å². The van der Waals surface area contributed by atoms with Crippen LogP contribution in [0.2, 0.25) is 0 Å². The Morgan fingerprint density at radius 2 is 2.06 bits per heavy atom. The molecule has 0 bridgehead atoms. The normalized spacial score (nSPS) is 17.7. The number of ether oxygens (including phenoxy) is 1. The lowest BCUT2D eigenvalue weighted by molar-refractivity contribution is -0.00570. The minimum absolute atomic E-state index is 0.120. The van der Waals surface area contributed by atoms with E-state index in [0.29, 0.717) is 0 Å². The molecule has 1 N–H and O–H groups in total. The summed E-state index contributed by atoms with van der Waals surface area (Å²) in [5.74, 6) is 0.955. The van der Waals surface area contributed by atoms with Crippen molar-refractivity contribution in [2.75, 3.05) is 38.2 Å². The average molecular weight is 249 g/mol. The van der Waals surface area contributed by atoms with E-state index in [2.05, 4.69) is 29.0 Å². The second-order valence-electron chi connectivity index (χ2n) is 5.43. The van der Waals surface area contributed by atoms with Crippen molar-refractivity contribution < 1.29 is 4.74 Å². The highest BCUT2D eigenvalue weighted by Crippen LogP contribution is 2.17. The molecule has 0 radical (unpaired) electrons. The van der Waals surface area contributed by atoms with E-state index >= 15 is 0 Å². The van der Waals surface area contributed by atoms with Crippen molar-refractivity contribution in [1.82, 2.24) is 9.88 Å². The number of aromatic nitrogens is 1. The molecule has 2 heterocycles. The zero-order valence-electron chi connectivity index (χ0n) is 11.6. The van der Waals surface area contributed by atoms with Crippen LogP contribution in [0.4, 0.5) is 5.82 Å². The van der Waals surface area contributed by atoms with Crippen molar-refractivity contribution in [3.63, 3.8) is 0 Å². The predicted octanol–water partition coefficient (Wildman–Crippen LogP) is 1.91. The third-order valence-corrected chi connectivity index (χ3v) is 3.46. The van der Waals surface area contributed by atoms with Crippen LogP contribution in [-0.2, 0) is 4.74 Å². The van der Waals surface area contributed by atoms with E-state index in [4.69, 9.17) is 4.74 Å². The lowest BCUT2D eigenvalue weighted by atomic mass is 10.0. The molecular formula is C14H23N3O. The lowest BCUT2D eigenvalue weighted by Crippen LogP contribution is -2.53. The summed E-state index contributed by atoms with van der Waals surface area (Å²) in [5.41, 5.74) is 1.17. The molecule has 0 spiro atoms. The number of morpholine rings is 1. The first kappa shape index (κ1) is 13.3. The van der Waals surface area contributed by atoms with Gasteiger partial charge in [-0.3, -0.25) is 4.90 Å². The summed E-state index contributed by atoms with van der Waals surface area (Å²) in [6.07, 6.45) is 0. The number of nitrogens with one attached hydrogen (secondary N) is 1. The fourth-order valence-electron chi connectivity index (χ4n) is 2.23. The Kier molecular flexibility index (Phi) is 4.19. The van der Waals surface area contributed by atoms with Gasteiger partial charge in [0.2, 0.25) is 0 Å². The van der Waals surface area contributed by atoms with Crippen molar-refractivity contribution in [3.8, 4) is 0 Å². The molecule has 0 saturated carbocycles. The van der Waals surface area contributed by atoms with Gasteiger partial charge in [-0.05, 0) is 32.9 Å². The molecule has 0 amide bonds. The van der Waals surface area contributed by atoms with Crippen molar-refractivity contribution in [1.29, 1.82) is 0 Å². The molecule has 1 fully saturated rings. The van der Waals surface area contributed by atoms with Crippen LogP contribution in [0.1, 0.15) is 19.5 Å². The topological polar surface area (TPSA) is 37.4 Å². The largest absolute Gasteiger partial charge is 0.379 e. The molecule has 1 aliphatic heterocycles. The minimum Gasteiger partial charge on any atom is -0.379 e. The maximum absolute atomic E-state index is 5.40. The summed E-state index contributed by atoms with van der Waals surface area (Å²) in [6.45, 7) is 11.1. The van der Waals surface area contributed by atoms with Gasteiger partial charge in [0.05, 0.1) is 13.2 Å². The Hall–Kier alpha value is -1.13. The predicted molar refractivity (Wildman–Crippen MR) is 73.9 cm³/mol.